The molecule has 1 atom stereocenters. The van der Waals surface area contributed by atoms with E-state index in [1.165, 1.54) is 0 Å². The summed E-state index contributed by atoms with van der Waals surface area (Å²) in [5.74, 6) is 1.32. The summed E-state index contributed by atoms with van der Waals surface area (Å²) in [5.41, 5.74) is 0.733. The maximum absolute atomic E-state index is 12.5. The predicted molar refractivity (Wildman–Crippen MR) is 78.3 cm³/mol. The average Bonchev–Trinajstić information content (AvgIpc) is 2.94. The van der Waals surface area contributed by atoms with Gasteiger partial charge < -0.3 is 4.90 Å². The summed E-state index contributed by atoms with van der Waals surface area (Å²) in [5, 5.41) is 4.41. The smallest absolute Gasteiger partial charge is 0.194 e. The molecule has 100 valence electrons. The normalized spacial score (nSPS) is 19.7. The van der Waals surface area contributed by atoms with Gasteiger partial charge in [0.05, 0.1) is 22.5 Å². The van der Waals surface area contributed by atoms with Gasteiger partial charge in [-0.2, -0.15) is 16.9 Å². The van der Waals surface area contributed by atoms with Crippen LogP contribution in [-0.4, -0.2) is 52.1 Å². The first-order chi connectivity index (χ1) is 8.59. The molecule has 1 saturated heterocycles. The van der Waals surface area contributed by atoms with E-state index in [0.717, 1.165) is 41.9 Å². The van der Waals surface area contributed by atoms with Crippen LogP contribution in [0.4, 0.5) is 0 Å². The molecular weight excluding hydrogens is 314 g/mol. The van der Waals surface area contributed by atoms with Gasteiger partial charge in [-0.25, -0.2) is 0 Å². The van der Waals surface area contributed by atoms with Crippen LogP contribution in [0.2, 0.25) is 0 Å². The summed E-state index contributed by atoms with van der Waals surface area (Å²) in [6.45, 7) is 1.63. The van der Waals surface area contributed by atoms with Gasteiger partial charge in [0, 0.05) is 6.54 Å². The Hall–Kier alpha value is -0.330. The number of carbonyl (C=O) groups excluding carboxylic acids is 1. The van der Waals surface area contributed by atoms with Gasteiger partial charge in [0.2, 0.25) is 0 Å². The third-order valence-electron chi connectivity index (χ3n) is 3.01. The fraction of sp³-hybridized carbons (Fsp3) is 0.667. The highest BCUT2D eigenvalue weighted by molar-refractivity contribution is 9.10. The second-order valence-corrected chi connectivity index (χ2v) is 6.90. The maximum atomic E-state index is 12.5. The highest BCUT2D eigenvalue weighted by Crippen LogP contribution is 2.31. The molecule has 1 unspecified atom stereocenters. The summed E-state index contributed by atoms with van der Waals surface area (Å²) in [6.07, 6.45) is 3.86. The first-order valence-corrected chi connectivity index (χ1v) is 7.95. The number of halogens is 1. The highest BCUT2D eigenvalue weighted by Gasteiger charge is 2.28. The summed E-state index contributed by atoms with van der Waals surface area (Å²) in [7, 11) is 4.04. The summed E-state index contributed by atoms with van der Waals surface area (Å²) in [6, 6.07) is 0. The molecule has 0 amide bonds. The summed E-state index contributed by atoms with van der Waals surface area (Å²) in [4.78, 5) is 14.6. The van der Waals surface area contributed by atoms with Crippen LogP contribution in [-0.2, 0) is 6.54 Å². The van der Waals surface area contributed by atoms with E-state index in [-0.39, 0.29) is 11.0 Å². The van der Waals surface area contributed by atoms with E-state index in [0.29, 0.717) is 0 Å². The molecule has 0 N–H and O–H groups in total. The Morgan fingerprint density at radius 2 is 2.44 bits per heavy atom. The van der Waals surface area contributed by atoms with Gasteiger partial charge >= 0.3 is 0 Å². The fourth-order valence-electron chi connectivity index (χ4n) is 2.01. The Morgan fingerprint density at radius 3 is 3.06 bits per heavy atom. The topological polar surface area (TPSA) is 38.1 Å². The molecule has 0 radical (unpaired) electrons. The molecule has 1 aromatic rings. The Kier molecular flexibility index (Phi) is 4.86. The fourth-order valence-corrected chi connectivity index (χ4v) is 3.71. The third-order valence-corrected chi connectivity index (χ3v) is 4.97. The molecule has 0 saturated carbocycles. The number of rotatable bonds is 5. The number of hydrogen-bond donors (Lipinski definition) is 0. The number of aromatic nitrogens is 2. The molecule has 2 rings (SSSR count). The number of nitrogens with zero attached hydrogens (tertiary/aromatic N) is 3. The van der Waals surface area contributed by atoms with E-state index >= 15 is 0 Å². The lowest BCUT2D eigenvalue weighted by Gasteiger charge is -2.13. The van der Waals surface area contributed by atoms with Gasteiger partial charge in [0.1, 0.15) is 5.69 Å². The van der Waals surface area contributed by atoms with Crippen molar-refractivity contribution in [3.8, 4) is 0 Å². The molecule has 6 heteroatoms. The van der Waals surface area contributed by atoms with E-state index in [1.54, 1.807) is 18.0 Å². The Bertz CT molecular complexity index is 427. The Morgan fingerprint density at radius 1 is 1.67 bits per heavy atom. The zero-order valence-electron chi connectivity index (χ0n) is 10.7. The molecule has 0 aliphatic carbocycles. The van der Waals surface area contributed by atoms with Crippen LogP contribution in [0, 0.1) is 0 Å². The van der Waals surface area contributed by atoms with Crippen molar-refractivity contribution in [3.63, 3.8) is 0 Å². The van der Waals surface area contributed by atoms with E-state index in [1.807, 2.05) is 18.8 Å². The second kappa shape index (κ2) is 6.21. The van der Waals surface area contributed by atoms with E-state index < -0.39 is 0 Å². The Balaban J connectivity index is 2.14. The SMILES string of the molecule is CN(C)CCn1ncc(Br)c1C(=O)C1CCCS1. The van der Waals surface area contributed by atoms with Crippen LogP contribution in [0.5, 0.6) is 0 Å². The van der Waals surface area contributed by atoms with Crippen LogP contribution in [0.25, 0.3) is 0 Å². The minimum absolute atomic E-state index is 0.121. The summed E-state index contributed by atoms with van der Waals surface area (Å²) < 4.78 is 2.64. The second-order valence-electron chi connectivity index (χ2n) is 4.73. The molecule has 1 fully saturated rings. The van der Waals surface area contributed by atoms with Gasteiger partial charge in [0.25, 0.3) is 0 Å². The molecule has 2 heterocycles. The largest absolute Gasteiger partial charge is 0.308 e. The van der Waals surface area contributed by atoms with E-state index in [9.17, 15) is 4.79 Å². The number of carbonyl (C=O) groups is 1. The monoisotopic (exact) mass is 331 g/mol. The lowest BCUT2D eigenvalue weighted by molar-refractivity contribution is 0.0976. The molecule has 0 spiro atoms. The quantitative estimate of drug-likeness (QED) is 0.776. The van der Waals surface area contributed by atoms with Gasteiger partial charge in [-0.15, -0.1) is 0 Å². The van der Waals surface area contributed by atoms with Gasteiger partial charge in [0.15, 0.2) is 5.78 Å². The minimum atomic E-state index is 0.121. The lowest BCUT2D eigenvalue weighted by atomic mass is 10.1. The molecule has 1 aliphatic rings. The van der Waals surface area contributed by atoms with Gasteiger partial charge in [-0.05, 0) is 48.6 Å². The molecule has 4 nitrogen and oxygen atoms in total. The average molecular weight is 332 g/mol. The molecule has 0 aromatic carbocycles. The summed E-state index contributed by atoms with van der Waals surface area (Å²) >= 11 is 5.21. The maximum Gasteiger partial charge on any atom is 0.194 e. The number of hydrogen-bond acceptors (Lipinski definition) is 4. The van der Waals surface area contributed by atoms with Gasteiger partial charge in [-0.1, -0.05) is 0 Å². The standard InChI is InChI=1S/C12H18BrN3OS/c1-15(2)5-6-16-11(9(13)8-14-16)12(17)10-4-3-7-18-10/h8,10H,3-7H2,1-2H3. The van der Waals surface area contributed by atoms with Crippen LogP contribution < -0.4 is 0 Å². The van der Waals surface area contributed by atoms with Crippen molar-refractivity contribution in [1.29, 1.82) is 0 Å². The van der Waals surface area contributed by atoms with Crippen LogP contribution in [0.3, 0.4) is 0 Å². The number of thioether (sulfide) groups is 1. The number of Topliss-reactive ketones (excluding diaryl/α,β-unsaturated/α-hetero) is 1. The lowest BCUT2D eigenvalue weighted by Crippen LogP contribution is -2.24. The first-order valence-electron chi connectivity index (χ1n) is 6.11. The van der Waals surface area contributed by atoms with Crippen molar-refractivity contribution in [2.24, 2.45) is 0 Å². The van der Waals surface area contributed by atoms with Crippen molar-refractivity contribution >= 4 is 33.5 Å². The van der Waals surface area contributed by atoms with Crippen LogP contribution >= 0.6 is 27.7 Å². The Labute approximate surface area is 120 Å². The third kappa shape index (κ3) is 3.16. The molecular formula is C12H18BrN3OS. The zero-order chi connectivity index (χ0) is 13.1. The predicted octanol–water partition coefficient (Wildman–Crippen LogP) is 2.29. The van der Waals surface area contributed by atoms with Crippen LogP contribution in [0.1, 0.15) is 23.3 Å². The molecule has 18 heavy (non-hydrogen) atoms. The zero-order valence-corrected chi connectivity index (χ0v) is 13.1. The molecule has 1 aromatic heterocycles. The van der Waals surface area contributed by atoms with Crippen LogP contribution in [0.15, 0.2) is 10.7 Å². The first kappa shape index (κ1) is 14.1. The van der Waals surface area contributed by atoms with Crippen molar-refractivity contribution in [2.75, 3.05) is 26.4 Å². The molecule has 1 aliphatic heterocycles. The van der Waals surface area contributed by atoms with Gasteiger partial charge in [-0.3, -0.25) is 9.48 Å². The van der Waals surface area contributed by atoms with Crippen molar-refractivity contribution < 1.29 is 4.79 Å². The minimum Gasteiger partial charge on any atom is -0.308 e. The highest BCUT2D eigenvalue weighted by atomic mass is 79.9. The van der Waals surface area contributed by atoms with Crippen molar-refractivity contribution in [2.45, 2.75) is 24.6 Å². The number of likely N-dealkylation sites (N-methyl/N-ethyl adjacent to an activating group) is 1. The van der Waals surface area contributed by atoms with E-state index in [2.05, 4.69) is 25.9 Å². The molecule has 0 bridgehead atoms. The number of ketones is 1. The van der Waals surface area contributed by atoms with E-state index in [4.69, 9.17) is 0 Å². The van der Waals surface area contributed by atoms with Crippen molar-refractivity contribution in [1.82, 2.24) is 14.7 Å². The van der Waals surface area contributed by atoms with Crippen molar-refractivity contribution in [3.05, 3.63) is 16.4 Å².